The summed E-state index contributed by atoms with van der Waals surface area (Å²) in [7, 11) is 0. The van der Waals surface area contributed by atoms with Crippen molar-refractivity contribution in [3.63, 3.8) is 0 Å². The third-order valence-corrected chi connectivity index (χ3v) is 4.06. The van der Waals surface area contributed by atoms with E-state index in [0.29, 0.717) is 5.92 Å². The number of halogens is 1. The minimum Gasteiger partial charge on any atom is -0.349 e. The molecule has 2 aromatic rings. The van der Waals surface area contributed by atoms with E-state index in [1.807, 2.05) is 6.07 Å². The van der Waals surface area contributed by atoms with Gasteiger partial charge in [0.2, 0.25) is 0 Å². The predicted octanol–water partition coefficient (Wildman–Crippen LogP) is 3.91. The van der Waals surface area contributed by atoms with E-state index < -0.39 is 0 Å². The van der Waals surface area contributed by atoms with Crippen LogP contribution in [0.5, 0.6) is 0 Å². The van der Waals surface area contributed by atoms with Gasteiger partial charge in [-0.15, -0.1) is 11.3 Å². The Bertz CT molecular complexity index is 487. The summed E-state index contributed by atoms with van der Waals surface area (Å²) < 4.78 is 2.99. The molecule has 2 nitrogen and oxygen atoms in total. The maximum absolute atomic E-state index is 6.12. The highest BCUT2D eigenvalue weighted by Crippen LogP contribution is 2.23. The average Bonchev–Trinajstić information content (AvgIpc) is 2.87. The molecule has 4 heteroatoms. The highest BCUT2D eigenvalue weighted by atomic mass is 35.5. The first-order valence-corrected chi connectivity index (χ1v) is 6.91. The van der Waals surface area contributed by atoms with Crippen LogP contribution in [0, 0.1) is 5.92 Å². The Labute approximate surface area is 111 Å². The van der Waals surface area contributed by atoms with E-state index in [0.717, 1.165) is 10.9 Å². The molecule has 2 rings (SSSR count). The molecule has 1 unspecified atom stereocenters. The molecular formula is C13H17ClN2S. The van der Waals surface area contributed by atoms with Gasteiger partial charge in [0.15, 0.2) is 0 Å². The number of hydrogen-bond donors (Lipinski definition) is 1. The van der Waals surface area contributed by atoms with E-state index in [1.165, 1.54) is 10.4 Å². The van der Waals surface area contributed by atoms with Crippen molar-refractivity contribution < 1.29 is 0 Å². The summed E-state index contributed by atoms with van der Waals surface area (Å²) in [5.41, 5.74) is 7.31. The Hall–Kier alpha value is -0.770. The molecule has 0 aliphatic carbocycles. The minimum absolute atomic E-state index is 0.114. The number of thiophene rings is 1. The van der Waals surface area contributed by atoms with Crippen molar-refractivity contribution in [1.82, 2.24) is 4.57 Å². The summed E-state index contributed by atoms with van der Waals surface area (Å²) in [6.45, 7) is 5.14. The molecule has 0 radical (unpaired) electrons. The lowest BCUT2D eigenvalue weighted by atomic mass is 10.00. The van der Waals surface area contributed by atoms with E-state index in [-0.39, 0.29) is 6.04 Å². The molecule has 92 valence electrons. The molecule has 0 amide bonds. The van der Waals surface area contributed by atoms with Crippen LogP contribution in [0.15, 0.2) is 30.6 Å². The summed E-state index contributed by atoms with van der Waals surface area (Å²) in [5, 5.41) is 0. The van der Waals surface area contributed by atoms with E-state index >= 15 is 0 Å². The predicted molar refractivity (Wildman–Crippen MR) is 74.6 cm³/mol. The van der Waals surface area contributed by atoms with Gasteiger partial charge in [-0.25, -0.2) is 0 Å². The summed E-state index contributed by atoms with van der Waals surface area (Å²) in [4.78, 5) is 1.26. The lowest BCUT2D eigenvalue weighted by molar-refractivity contribution is 0.513. The average molecular weight is 269 g/mol. The third-order valence-electron chi connectivity index (χ3n) is 2.84. The zero-order valence-electron chi connectivity index (χ0n) is 10.1. The van der Waals surface area contributed by atoms with Crippen molar-refractivity contribution in [3.8, 4) is 0 Å². The van der Waals surface area contributed by atoms with Gasteiger partial charge in [-0.1, -0.05) is 25.4 Å². The Kier molecular flexibility index (Phi) is 3.92. The van der Waals surface area contributed by atoms with Crippen LogP contribution in [0.4, 0.5) is 0 Å². The number of rotatable bonds is 4. The zero-order chi connectivity index (χ0) is 12.4. The summed E-state index contributed by atoms with van der Waals surface area (Å²) in [6.07, 6.45) is 4.20. The Morgan fingerprint density at radius 2 is 2.12 bits per heavy atom. The van der Waals surface area contributed by atoms with Crippen LogP contribution >= 0.6 is 22.9 Å². The number of nitrogens with two attached hydrogens (primary N) is 1. The van der Waals surface area contributed by atoms with Crippen LogP contribution in [0.1, 0.15) is 30.3 Å². The third kappa shape index (κ3) is 3.12. The quantitative estimate of drug-likeness (QED) is 0.896. The van der Waals surface area contributed by atoms with Gasteiger partial charge in [-0.05, 0) is 29.7 Å². The van der Waals surface area contributed by atoms with Crippen molar-refractivity contribution in [2.24, 2.45) is 11.7 Å². The second-order valence-electron chi connectivity index (χ2n) is 4.59. The number of aromatic nitrogens is 1. The Morgan fingerprint density at radius 1 is 1.35 bits per heavy atom. The van der Waals surface area contributed by atoms with Gasteiger partial charge in [-0.2, -0.15) is 0 Å². The second-order valence-corrected chi connectivity index (χ2v) is 6.39. The van der Waals surface area contributed by atoms with Crippen LogP contribution in [0.3, 0.4) is 0 Å². The van der Waals surface area contributed by atoms with Crippen molar-refractivity contribution in [3.05, 3.63) is 45.4 Å². The van der Waals surface area contributed by atoms with Crippen LogP contribution in [0.2, 0.25) is 4.34 Å². The molecule has 0 saturated heterocycles. The highest BCUT2D eigenvalue weighted by Gasteiger charge is 2.11. The zero-order valence-corrected chi connectivity index (χ0v) is 11.6. The molecular weight excluding hydrogens is 252 g/mol. The summed E-state index contributed by atoms with van der Waals surface area (Å²) in [6, 6.07) is 6.21. The molecule has 0 aliphatic rings. The lowest BCUT2D eigenvalue weighted by Gasteiger charge is -2.13. The van der Waals surface area contributed by atoms with Crippen molar-refractivity contribution >= 4 is 22.9 Å². The minimum atomic E-state index is 0.114. The summed E-state index contributed by atoms with van der Waals surface area (Å²) in [5.74, 6) is 0.460. The fourth-order valence-electron chi connectivity index (χ4n) is 1.76. The van der Waals surface area contributed by atoms with Crippen LogP contribution < -0.4 is 5.73 Å². The van der Waals surface area contributed by atoms with Gasteiger partial charge in [0, 0.05) is 23.3 Å². The molecule has 0 spiro atoms. The van der Waals surface area contributed by atoms with Crippen LogP contribution in [-0.2, 0) is 6.54 Å². The fourth-order valence-corrected chi connectivity index (χ4v) is 2.85. The van der Waals surface area contributed by atoms with E-state index in [4.69, 9.17) is 17.3 Å². The monoisotopic (exact) mass is 268 g/mol. The number of hydrogen-bond acceptors (Lipinski definition) is 2. The first-order chi connectivity index (χ1) is 8.06. The highest BCUT2D eigenvalue weighted by molar-refractivity contribution is 7.16. The lowest BCUT2D eigenvalue weighted by Crippen LogP contribution is -2.15. The van der Waals surface area contributed by atoms with Gasteiger partial charge in [0.25, 0.3) is 0 Å². The van der Waals surface area contributed by atoms with Crippen LogP contribution in [-0.4, -0.2) is 4.57 Å². The second kappa shape index (κ2) is 5.25. The first-order valence-electron chi connectivity index (χ1n) is 5.71. The van der Waals surface area contributed by atoms with Crippen molar-refractivity contribution in [2.45, 2.75) is 26.4 Å². The standard InChI is InChI=1S/C13H17ClN2S/c1-9(2)13(15)10-5-6-16(7-10)8-11-3-4-12(14)17-11/h3-7,9,13H,8,15H2,1-2H3. The summed E-state index contributed by atoms with van der Waals surface area (Å²) >= 11 is 7.53. The normalized spacial score (nSPS) is 13.2. The van der Waals surface area contributed by atoms with Crippen LogP contribution in [0.25, 0.3) is 0 Å². The largest absolute Gasteiger partial charge is 0.349 e. The molecule has 2 N–H and O–H groups in total. The van der Waals surface area contributed by atoms with Crippen molar-refractivity contribution in [1.29, 1.82) is 0 Å². The topological polar surface area (TPSA) is 30.9 Å². The molecule has 0 bridgehead atoms. The SMILES string of the molecule is CC(C)C(N)c1ccn(Cc2ccc(Cl)s2)c1. The smallest absolute Gasteiger partial charge is 0.0931 e. The molecule has 0 aliphatic heterocycles. The van der Waals surface area contributed by atoms with Gasteiger partial charge in [0.1, 0.15) is 0 Å². The molecule has 2 heterocycles. The molecule has 0 fully saturated rings. The van der Waals surface area contributed by atoms with Gasteiger partial charge in [0.05, 0.1) is 10.9 Å². The van der Waals surface area contributed by atoms with E-state index in [9.17, 15) is 0 Å². The number of nitrogens with zero attached hydrogens (tertiary/aromatic N) is 1. The Balaban J connectivity index is 2.08. The van der Waals surface area contributed by atoms with Gasteiger partial charge < -0.3 is 10.3 Å². The maximum Gasteiger partial charge on any atom is 0.0931 e. The Morgan fingerprint density at radius 3 is 2.71 bits per heavy atom. The fraction of sp³-hybridized carbons (Fsp3) is 0.385. The van der Waals surface area contributed by atoms with Gasteiger partial charge in [-0.3, -0.25) is 0 Å². The molecule has 1 atom stereocenters. The van der Waals surface area contributed by atoms with E-state index in [2.05, 4.69) is 42.9 Å². The molecule has 2 aromatic heterocycles. The molecule has 0 aromatic carbocycles. The van der Waals surface area contributed by atoms with Gasteiger partial charge >= 0.3 is 0 Å². The first kappa shape index (κ1) is 12.7. The molecule has 0 saturated carbocycles. The molecule has 17 heavy (non-hydrogen) atoms. The van der Waals surface area contributed by atoms with Crippen molar-refractivity contribution in [2.75, 3.05) is 0 Å². The van der Waals surface area contributed by atoms with E-state index in [1.54, 1.807) is 11.3 Å². The maximum atomic E-state index is 6.12.